The first-order valence-corrected chi connectivity index (χ1v) is 16.5. The van der Waals surface area contributed by atoms with E-state index in [4.69, 9.17) is 9.47 Å². The minimum absolute atomic E-state index is 0.0101. The number of rotatable bonds is 4. The van der Waals surface area contributed by atoms with Crippen LogP contribution < -0.4 is 9.78 Å². The van der Waals surface area contributed by atoms with E-state index in [1.165, 1.54) is 15.6 Å². The molecule has 2 aliphatic carbocycles. The molecule has 2 saturated heterocycles. The van der Waals surface area contributed by atoms with Crippen molar-refractivity contribution in [2.24, 2.45) is 29.1 Å². The van der Waals surface area contributed by atoms with E-state index < -0.39 is 11.2 Å². The summed E-state index contributed by atoms with van der Waals surface area (Å²) in [5.41, 5.74) is 1.40. The number of hydrogen-bond donors (Lipinski definition) is 1. The van der Waals surface area contributed by atoms with E-state index in [0.717, 1.165) is 19.3 Å². The third kappa shape index (κ3) is 5.35. The maximum absolute atomic E-state index is 15.3. The van der Waals surface area contributed by atoms with Crippen LogP contribution in [0.3, 0.4) is 0 Å². The van der Waals surface area contributed by atoms with Crippen molar-refractivity contribution in [2.75, 3.05) is 0 Å². The topological polar surface area (TPSA) is 64.6 Å². The Labute approximate surface area is 240 Å². The Hall–Kier alpha value is -1.72. The van der Waals surface area contributed by atoms with Gasteiger partial charge in [-0.3, -0.25) is 0 Å². The second-order valence-corrected chi connectivity index (χ2v) is 15.8. The van der Waals surface area contributed by atoms with Crippen LogP contribution in [0.5, 0.6) is 0 Å². The van der Waals surface area contributed by atoms with Crippen molar-refractivity contribution in [3.8, 4) is 0 Å². The SMILES string of the molecule is CC1=C[C@@H]2/C=C(/C)CC[C@@H]3OC(C)(C)O[C@H]3CC([Se]c3ccccc3)C(=O)[C@]23C(=O)N[C@@H](CC(C)C)[C@@H]3[C@@H]1C. The first kappa shape index (κ1) is 28.8. The van der Waals surface area contributed by atoms with Crippen molar-refractivity contribution in [3.63, 3.8) is 0 Å². The van der Waals surface area contributed by atoms with Gasteiger partial charge in [-0.2, -0.15) is 0 Å². The van der Waals surface area contributed by atoms with E-state index in [2.05, 4.69) is 64.2 Å². The van der Waals surface area contributed by atoms with Gasteiger partial charge in [-0.15, -0.1) is 0 Å². The second-order valence-electron chi connectivity index (χ2n) is 13.1. The molecule has 2 aliphatic heterocycles. The molecule has 0 radical (unpaired) electrons. The molecular formula is C33H45NO4Se. The summed E-state index contributed by atoms with van der Waals surface area (Å²) in [4.78, 5) is 29.3. The molecule has 5 rings (SSSR count). The summed E-state index contributed by atoms with van der Waals surface area (Å²) in [6.45, 7) is 14.9. The van der Waals surface area contributed by atoms with Crippen molar-refractivity contribution >= 4 is 31.1 Å². The summed E-state index contributed by atoms with van der Waals surface area (Å²) in [7, 11) is 0. The zero-order valence-electron chi connectivity index (χ0n) is 24.5. The van der Waals surface area contributed by atoms with E-state index in [-0.39, 0.29) is 67.5 Å². The molecule has 2 fully saturated rings. The third-order valence-electron chi connectivity index (χ3n) is 9.34. The summed E-state index contributed by atoms with van der Waals surface area (Å²) in [6.07, 6.45) is 7.41. The Morgan fingerprint density at radius 3 is 2.44 bits per heavy atom. The van der Waals surface area contributed by atoms with Gasteiger partial charge in [-0.05, 0) is 0 Å². The number of nitrogens with one attached hydrogen (secondary N) is 1. The first-order valence-electron chi connectivity index (χ1n) is 14.7. The Morgan fingerprint density at radius 1 is 1.05 bits per heavy atom. The monoisotopic (exact) mass is 599 g/mol. The van der Waals surface area contributed by atoms with E-state index in [1.807, 2.05) is 32.0 Å². The molecule has 1 N–H and O–H groups in total. The van der Waals surface area contributed by atoms with E-state index in [1.54, 1.807) is 0 Å². The van der Waals surface area contributed by atoms with Gasteiger partial charge in [-0.25, -0.2) is 0 Å². The number of amides is 1. The van der Waals surface area contributed by atoms with Crippen LogP contribution in [0.4, 0.5) is 0 Å². The summed E-state index contributed by atoms with van der Waals surface area (Å²) in [5.74, 6) is -0.376. The average molecular weight is 599 g/mol. The van der Waals surface area contributed by atoms with Gasteiger partial charge in [0.15, 0.2) is 0 Å². The Kier molecular flexibility index (Phi) is 8.07. The Balaban J connectivity index is 1.67. The molecular weight excluding hydrogens is 553 g/mol. The molecule has 0 bridgehead atoms. The maximum atomic E-state index is 15.3. The van der Waals surface area contributed by atoms with Gasteiger partial charge in [0, 0.05) is 0 Å². The number of benzene rings is 1. The average Bonchev–Trinajstić information content (AvgIpc) is 3.32. The molecule has 1 amide bonds. The zero-order valence-corrected chi connectivity index (χ0v) is 26.2. The van der Waals surface area contributed by atoms with Crippen LogP contribution in [0, 0.1) is 29.1 Å². The molecule has 1 aromatic carbocycles. The third-order valence-corrected chi connectivity index (χ3v) is 11.9. The molecule has 2 heterocycles. The molecule has 4 aliphatic rings. The number of hydrogen-bond acceptors (Lipinski definition) is 4. The predicted octanol–water partition coefficient (Wildman–Crippen LogP) is 5.38. The second kappa shape index (κ2) is 10.9. The molecule has 1 aromatic rings. The van der Waals surface area contributed by atoms with Crippen LogP contribution in [0.25, 0.3) is 0 Å². The van der Waals surface area contributed by atoms with Crippen LogP contribution in [-0.2, 0) is 19.1 Å². The molecule has 1 spiro atoms. The standard InChI is InChI=1S/C33H45NO4Se/c1-19(2)15-25-29-22(5)21(4)17-23-16-20(3)13-14-26-27(38-32(6,7)37-26)18-28(39-24-11-9-8-10-12-24)30(35)33(23,29)31(36)34-25/h8-12,16-17,19,22-23,25-29H,13-15,18H2,1-7H3,(H,34,36)/b20-16-/t22-,23+,25+,26+,27+,28?,29+,33+/m1/s1. The van der Waals surface area contributed by atoms with Gasteiger partial charge < -0.3 is 0 Å². The van der Waals surface area contributed by atoms with Crippen molar-refractivity contribution in [1.82, 2.24) is 5.32 Å². The molecule has 5 nitrogen and oxygen atoms in total. The molecule has 1 unspecified atom stereocenters. The van der Waals surface area contributed by atoms with E-state index in [0.29, 0.717) is 12.3 Å². The van der Waals surface area contributed by atoms with Gasteiger partial charge in [0.1, 0.15) is 0 Å². The van der Waals surface area contributed by atoms with Crippen LogP contribution in [0.15, 0.2) is 53.6 Å². The summed E-state index contributed by atoms with van der Waals surface area (Å²) < 4.78 is 14.0. The first-order chi connectivity index (χ1) is 18.4. The normalized spacial score (nSPS) is 39.5. The number of carbonyl (C=O) groups excluding carboxylic acids is 2. The number of carbonyl (C=O) groups is 2. The summed E-state index contributed by atoms with van der Waals surface area (Å²) in [5, 5.41) is 3.39. The van der Waals surface area contributed by atoms with Crippen molar-refractivity contribution < 1.29 is 19.1 Å². The quantitative estimate of drug-likeness (QED) is 0.287. The fraction of sp³-hybridized carbons (Fsp3) is 0.636. The Morgan fingerprint density at radius 2 is 1.74 bits per heavy atom. The van der Waals surface area contributed by atoms with Gasteiger partial charge >= 0.3 is 241 Å². The van der Waals surface area contributed by atoms with E-state index in [9.17, 15) is 4.79 Å². The molecule has 0 saturated carbocycles. The number of ether oxygens (including phenoxy) is 2. The van der Waals surface area contributed by atoms with Crippen LogP contribution in [0.2, 0.25) is 4.82 Å². The minimum atomic E-state index is -1.10. The van der Waals surface area contributed by atoms with E-state index >= 15 is 4.79 Å². The van der Waals surface area contributed by atoms with Gasteiger partial charge in [0.25, 0.3) is 0 Å². The fourth-order valence-electron chi connectivity index (χ4n) is 7.61. The summed E-state index contributed by atoms with van der Waals surface area (Å²) >= 11 is -0.147. The summed E-state index contributed by atoms with van der Waals surface area (Å²) in [6, 6.07) is 10.3. The van der Waals surface area contributed by atoms with Crippen LogP contribution >= 0.6 is 0 Å². The molecule has 39 heavy (non-hydrogen) atoms. The number of fused-ring (bicyclic) bond motifs is 1. The fourth-order valence-corrected chi connectivity index (χ4v) is 10.2. The molecule has 8 atom stereocenters. The van der Waals surface area contributed by atoms with Crippen molar-refractivity contribution in [3.05, 3.63) is 53.6 Å². The number of Topliss-reactive ketones (excluding diaryl/α,β-unsaturated/α-hetero) is 1. The van der Waals surface area contributed by atoms with Crippen LogP contribution in [0.1, 0.15) is 74.1 Å². The molecule has 212 valence electrons. The zero-order chi connectivity index (χ0) is 28.1. The van der Waals surface area contributed by atoms with Gasteiger partial charge in [0.05, 0.1) is 0 Å². The van der Waals surface area contributed by atoms with Crippen LogP contribution in [-0.4, -0.2) is 50.7 Å². The van der Waals surface area contributed by atoms with Crippen molar-refractivity contribution in [2.45, 2.75) is 103 Å². The van der Waals surface area contributed by atoms with Gasteiger partial charge in [0.2, 0.25) is 0 Å². The number of ketones is 1. The Bertz CT molecular complexity index is 1160. The van der Waals surface area contributed by atoms with Crippen molar-refractivity contribution in [1.29, 1.82) is 0 Å². The molecule has 6 heteroatoms. The number of allylic oxidation sites excluding steroid dienone is 4. The molecule has 0 aromatic heterocycles. The van der Waals surface area contributed by atoms with Gasteiger partial charge in [-0.1, -0.05) is 0 Å². The predicted molar refractivity (Wildman–Crippen MR) is 156 cm³/mol.